The Morgan fingerprint density at radius 2 is 1.95 bits per heavy atom. The molecule has 0 radical (unpaired) electrons. The van der Waals surface area contributed by atoms with Crippen molar-refractivity contribution in [3.63, 3.8) is 0 Å². The summed E-state index contributed by atoms with van der Waals surface area (Å²) in [7, 11) is 0. The van der Waals surface area contributed by atoms with Crippen molar-refractivity contribution >= 4 is 38.3 Å². The topological polar surface area (TPSA) is 41.6 Å². The molecule has 102 valence electrons. The van der Waals surface area contributed by atoms with Gasteiger partial charge >= 0.3 is 0 Å². The lowest BCUT2D eigenvalue weighted by Crippen LogP contribution is -1.81. The summed E-state index contributed by atoms with van der Waals surface area (Å²) in [5, 5.41) is 4.06. The fourth-order valence-corrected chi connectivity index (χ4v) is 3.43. The smallest absolute Gasteiger partial charge is 0.140 e. The van der Waals surface area contributed by atoms with E-state index in [0.29, 0.717) is 0 Å². The van der Waals surface area contributed by atoms with Gasteiger partial charge < -0.3 is 4.98 Å². The average Bonchev–Trinajstić information content (AvgIpc) is 3.14. The summed E-state index contributed by atoms with van der Waals surface area (Å²) < 4.78 is 0.969. The fourth-order valence-electron chi connectivity index (χ4n) is 2.46. The molecule has 0 fully saturated rings. The summed E-state index contributed by atoms with van der Waals surface area (Å²) in [6.07, 6.45) is 3.63. The molecule has 3 heterocycles. The van der Waals surface area contributed by atoms with E-state index in [1.54, 1.807) is 17.5 Å². The maximum Gasteiger partial charge on any atom is 0.140 e. The van der Waals surface area contributed by atoms with Crippen LogP contribution in [0.15, 0.2) is 58.6 Å². The summed E-state index contributed by atoms with van der Waals surface area (Å²) in [5.74, 6) is 0. The highest BCUT2D eigenvalue weighted by Gasteiger charge is 2.17. The molecule has 0 aliphatic rings. The van der Waals surface area contributed by atoms with Crippen LogP contribution in [-0.4, -0.2) is 15.0 Å². The van der Waals surface area contributed by atoms with Crippen LogP contribution in [0.25, 0.3) is 32.9 Å². The first-order chi connectivity index (χ1) is 10.3. The SMILES string of the molecule is Brc1cnc2[nH]c(-c3nccs3)c(-c3ccccc3)c2c1. The van der Waals surface area contributed by atoms with Crippen LogP contribution in [0.3, 0.4) is 0 Å². The van der Waals surface area contributed by atoms with Crippen molar-refractivity contribution in [1.82, 2.24) is 15.0 Å². The zero-order valence-electron chi connectivity index (χ0n) is 10.9. The summed E-state index contributed by atoms with van der Waals surface area (Å²) in [4.78, 5) is 12.3. The third-order valence-corrected chi connectivity index (χ3v) is 4.55. The standard InChI is InChI=1S/C16H10BrN3S/c17-11-8-12-13(10-4-2-1-3-5-10)14(16-18-6-7-21-16)20-15(12)19-9-11/h1-9H,(H,19,20). The Hall–Kier alpha value is -1.98. The van der Waals surface area contributed by atoms with Crippen molar-refractivity contribution in [1.29, 1.82) is 0 Å². The van der Waals surface area contributed by atoms with Crippen LogP contribution < -0.4 is 0 Å². The van der Waals surface area contributed by atoms with E-state index in [2.05, 4.69) is 49.1 Å². The average molecular weight is 356 g/mol. The summed E-state index contributed by atoms with van der Waals surface area (Å²) >= 11 is 5.13. The van der Waals surface area contributed by atoms with Gasteiger partial charge in [0, 0.05) is 33.2 Å². The van der Waals surface area contributed by atoms with Crippen molar-refractivity contribution in [2.24, 2.45) is 0 Å². The van der Waals surface area contributed by atoms with Gasteiger partial charge in [0.05, 0.1) is 5.69 Å². The molecular formula is C16H10BrN3S. The van der Waals surface area contributed by atoms with Gasteiger partial charge in [-0.3, -0.25) is 0 Å². The van der Waals surface area contributed by atoms with Gasteiger partial charge in [0.15, 0.2) is 0 Å². The number of hydrogen-bond acceptors (Lipinski definition) is 3. The molecule has 0 spiro atoms. The van der Waals surface area contributed by atoms with Gasteiger partial charge in [0.1, 0.15) is 10.7 Å². The summed E-state index contributed by atoms with van der Waals surface area (Å²) in [6, 6.07) is 12.4. The number of aromatic nitrogens is 3. The predicted molar refractivity (Wildman–Crippen MR) is 90.3 cm³/mol. The fraction of sp³-hybridized carbons (Fsp3) is 0. The lowest BCUT2D eigenvalue weighted by atomic mass is 10.0. The number of aromatic amines is 1. The minimum atomic E-state index is 0.877. The Balaban J connectivity index is 2.09. The van der Waals surface area contributed by atoms with Crippen LogP contribution in [0.2, 0.25) is 0 Å². The number of benzene rings is 1. The zero-order valence-corrected chi connectivity index (χ0v) is 13.3. The number of thiazole rings is 1. The molecule has 3 nitrogen and oxygen atoms in total. The van der Waals surface area contributed by atoms with Crippen molar-refractivity contribution in [3.05, 3.63) is 58.6 Å². The second kappa shape index (κ2) is 5.09. The predicted octanol–water partition coefficient (Wildman–Crippen LogP) is 5.12. The Kier molecular flexibility index (Phi) is 3.09. The maximum atomic E-state index is 4.47. The monoisotopic (exact) mass is 355 g/mol. The van der Waals surface area contributed by atoms with E-state index < -0.39 is 0 Å². The van der Waals surface area contributed by atoms with Gasteiger partial charge in [-0.1, -0.05) is 30.3 Å². The zero-order chi connectivity index (χ0) is 14.2. The van der Waals surface area contributed by atoms with Crippen LogP contribution in [0, 0.1) is 0 Å². The van der Waals surface area contributed by atoms with Crippen molar-refractivity contribution in [2.75, 3.05) is 0 Å². The van der Waals surface area contributed by atoms with Crippen molar-refractivity contribution < 1.29 is 0 Å². The van der Waals surface area contributed by atoms with Crippen molar-refractivity contribution in [3.8, 4) is 21.8 Å². The number of nitrogens with zero attached hydrogens (tertiary/aromatic N) is 2. The summed E-state index contributed by atoms with van der Waals surface area (Å²) in [6.45, 7) is 0. The Morgan fingerprint density at radius 1 is 1.10 bits per heavy atom. The van der Waals surface area contributed by atoms with E-state index in [0.717, 1.165) is 37.3 Å². The quantitative estimate of drug-likeness (QED) is 0.542. The molecule has 1 aromatic carbocycles. The molecule has 0 aliphatic heterocycles. The molecule has 0 saturated carbocycles. The number of rotatable bonds is 2. The molecule has 5 heteroatoms. The third-order valence-electron chi connectivity index (χ3n) is 3.33. The first-order valence-electron chi connectivity index (χ1n) is 6.45. The number of H-pyrrole nitrogens is 1. The highest BCUT2D eigenvalue weighted by Crippen LogP contribution is 2.38. The highest BCUT2D eigenvalue weighted by atomic mass is 79.9. The van der Waals surface area contributed by atoms with Crippen LogP contribution >= 0.6 is 27.3 Å². The lowest BCUT2D eigenvalue weighted by Gasteiger charge is -2.03. The Bertz CT molecular complexity index is 898. The van der Waals surface area contributed by atoms with Gasteiger partial charge in [-0.2, -0.15) is 0 Å². The number of nitrogens with one attached hydrogen (secondary N) is 1. The second-order valence-electron chi connectivity index (χ2n) is 4.63. The lowest BCUT2D eigenvalue weighted by molar-refractivity contribution is 1.30. The molecular weight excluding hydrogens is 346 g/mol. The van der Waals surface area contributed by atoms with E-state index in [-0.39, 0.29) is 0 Å². The van der Waals surface area contributed by atoms with Crippen LogP contribution in [0.4, 0.5) is 0 Å². The molecule has 0 atom stereocenters. The van der Waals surface area contributed by atoms with Gasteiger partial charge in [-0.25, -0.2) is 9.97 Å². The number of pyridine rings is 1. The van der Waals surface area contributed by atoms with E-state index >= 15 is 0 Å². The van der Waals surface area contributed by atoms with Crippen LogP contribution in [0.5, 0.6) is 0 Å². The number of fused-ring (bicyclic) bond motifs is 1. The molecule has 0 amide bonds. The van der Waals surface area contributed by atoms with Crippen LogP contribution in [-0.2, 0) is 0 Å². The molecule has 1 N–H and O–H groups in total. The first kappa shape index (κ1) is 12.7. The minimum absolute atomic E-state index is 0.877. The van der Waals surface area contributed by atoms with E-state index in [4.69, 9.17) is 0 Å². The first-order valence-corrected chi connectivity index (χ1v) is 8.13. The van der Waals surface area contributed by atoms with Gasteiger partial charge in [0.2, 0.25) is 0 Å². The Labute approximate surface area is 133 Å². The van der Waals surface area contributed by atoms with Gasteiger partial charge in [0.25, 0.3) is 0 Å². The number of hydrogen-bond donors (Lipinski definition) is 1. The molecule has 0 saturated heterocycles. The molecule has 0 aliphatic carbocycles. The molecule has 3 aromatic heterocycles. The van der Waals surface area contributed by atoms with Crippen molar-refractivity contribution in [2.45, 2.75) is 0 Å². The Morgan fingerprint density at radius 3 is 2.71 bits per heavy atom. The normalized spacial score (nSPS) is 11.1. The van der Waals surface area contributed by atoms with E-state index in [1.807, 2.05) is 29.8 Å². The van der Waals surface area contributed by atoms with E-state index in [1.165, 1.54) is 0 Å². The van der Waals surface area contributed by atoms with Crippen LogP contribution in [0.1, 0.15) is 0 Å². The largest absolute Gasteiger partial charge is 0.337 e. The maximum absolute atomic E-state index is 4.47. The molecule has 4 aromatic rings. The summed E-state index contributed by atoms with van der Waals surface area (Å²) in [5.41, 5.74) is 4.21. The highest BCUT2D eigenvalue weighted by molar-refractivity contribution is 9.10. The minimum Gasteiger partial charge on any atom is -0.337 e. The molecule has 21 heavy (non-hydrogen) atoms. The van der Waals surface area contributed by atoms with Gasteiger partial charge in [-0.05, 0) is 27.6 Å². The molecule has 0 bridgehead atoms. The second-order valence-corrected chi connectivity index (χ2v) is 6.44. The van der Waals surface area contributed by atoms with E-state index in [9.17, 15) is 0 Å². The molecule has 0 unspecified atom stereocenters. The van der Waals surface area contributed by atoms with Gasteiger partial charge in [-0.15, -0.1) is 11.3 Å². The third kappa shape index (κ3) is 2.18. The molecule has 4 rings (SSSR count). The number of halogens is 1.